The Morgan fingerprint density at radius 1 is 0.974 bits per heavy atom. The molecule has 4 aromatic rings. The summed E-state index contributed by atoms with van der Waals surface area (Å²) in [6.45, 7) is 4.26. The predicted octanol–water partition coefficient (Wildman–Crippen LogP) is 4.51. The minimum atomic E-state index is -0.615. The van der Waals surface area contributed by atoms with E-state index in [0.717, 1.165) is 16.7 Å². The molecule has 1 aliphatic rings. The number of nitrogens with one attached hydrogen (secondary N) is 2. The lowest BCUT2D eigenvalue weighted by Gasteiger charge is -2.28. The third-order valence-corrected chi connectivity index (χ3v) is 6.29. The molecule has 1 aromatic heterocycles. The summed E-state index contributed by atoms with van der Waals surface area (Å²) >= 11 is 0. The van der Waals surface area contributed by atoms with E-state index in [1.54, 1.807) is 31.0 Å². The predicted molar refractivity (Wildman–Crippen MR) is 142 cm³/mol. The molecule has 0 aliphatic carbocycles. The number of rotatable bonds is 8. The normalized spacial score (nSPS) is 14.4. The number of methoxy groups -OCH3 is 2. The molecule has 1 atom stereocenters. The van der Waals surface area contributed by atoms with Gasteiger partial charge in [-0.1, -0.05) is 53.1 Å². The number of fused-ring (bicyclic) bond motifs is 1. The number of hydrogen-bond acceptors (Lipinski definition) is 8. The summed E-state index contributed by atoms with van der Waals surface area (Å²) in [6, 6.07) is 20.3. The fourth-order valence-electron chi connectivity index (χ4n) is 4.49. The zero-order chi connectivity index (χ0) is 26.6. The number of tetrazole rings is 1. The second-order valence-corrected chi connectivity index (χ2v) is 8.86. The molecular weight excluding hydrogens is 484 g/mol. The molecule has 0 spiro atoms. The molecule has 2 heterocycles. The molecule has 3 aromatic carbocycles. The van der Waals surface area contributed by atoms with Gasteiger partial charge in [0.25, 0.3) is 5.91 Å². The zero-order valence-corrected chi connectivity index (χ0v) is 21.6. The third-order valence-electron chi connectivity index (χ3n) is 6.29. The van der Waals surface area contributed by atoms with Gasteiger partial charge in [0, 0.05) is 5.70 Å². The van der Waals surface area contributed by atoms with Gasteiger partial charge in [0.2, 0.25) is 5.95 Å². The van der Waals surface area contributed by atoms with Gasteiger partial charge in [-0.05, 0) is 59.7 Å². The van der Waals surface area contributed by atoms with Crippen molar-refractivity contribution in [1.82, 2.24) is 20.2 Å². The van der Waals surface area contributed by atoms with E-state index in [1.807, 2.05) is 62.4 Å². The maximum atomic E-state index is 13.7. The van der Waals surface area contributed by atoms with Gasteiger partial charge in [-0.25, -0.2) is 0 Å². The molecule has 194 valence electrons. The number of aromatic nitrogens is 4. The number of aryl methyl sites for hydroxylation is 1. The SMILES string of the molecule is COc1ccccc1NC(=O)C1=C(C)Nc2nnnn2C1c1ccc(OCc2cccc(C)c2)c(OC)c1. The second-order valence-electron chi connectivity index (χ2n) is 8.86. The first-order chi connectivity index (χ1) is 18.5. The molecular formula is C28H28N6O4. The van der Waals surface area contributed by atoms with Crippen molar-refractivity contribution in [3.05, 3.63) is 94.7 Å². The zero-order valence-electron chi connectivity index (χ0n) is 21.6. The first-order valence-corrected chi connectivity index (χ1v) is 12.0. The van der Waals surface area contributed by atoms with Crippen molar-refractivity contribution in [1.29, 1.82) is 0 Å². The van der Waals surface area contributed by atoms with Crippen LogP contribution in [0.4, 0.5) is 11.6 Å². The summed E-state index contributed by atoms with van der Waals surface area (Å²) < 4.78 is 18.7. The van der Waals surface area contributed by atoms with Crippen molar-refractivity contribution in [3.63, 3.8) is 0 Å². The maximum Gasteiger partial charge on any atom is 0.255 e. The fourth-order valence-corrected chi connectivity index (χ4v) is 4.49. The van der Waals surface area contributed by atoms with Crippen LogP contribution in [0.25, 0.3) is 0 Å². The smallest absolute Gasteiger partial charge is 0.255 e. The number of allylic oxidation sites excluding steroid dienone is 1. The number of carbonyl (C=O) groups is 1. The van der Waals surface area contributed by atoms with Crippen molar-refractivity contribution in [2.75, 3.05) is 24.9 Å². The Hall–Kier alpha value is -4.86. The molecule has 0 saturated carbocycles. The molecule has 0 radical (unpaired) electrons. The number of ether oxygens (including phenoxy) is 3. The Kier molecular flexibility index (Phi) is 6.94. The highest BCUT2D eigenvalue weighted by molar-refractivity contribution is 6.06. The molecule has 38 heavy (non-hydrogen) atoms. The standard InChI is InChI=1S/C28H28N6O4/c1-17-8-7-9-19(14-17)16-38-23-13-12-20(15-24(23)37-4)26-25(18(2)29-28-31-32-33-34(26)28)27(35)30-21-10-5-6-11-22(21)36-3/h5-15,26H,16H2,1-4H3,(H,30,35)(H,29,31,33). The molecule has 10 nitrogen and oxygen atoms in total. The number of hydrogen-bond donors (Lipinski definition) is 2. The van der Waals surface area contributed by atoms with E-state index in [2.05, 4.69) is 32.2 Å². The lowest BCUT2D eigenvalue weighted by atomic mass is 9.94. The summed E-state index contributed by atoms with van der Waals surface area (Å²) in [4.78, 5) is 13.7. The highest BCUT2D eigenvalue weighted by Crippen LogP contribution is 2.39. The van der Waals surface area contributed by atoms with Crippen LogP contribution in [-0.2, 0) is 11.4 Å². The Morgan fingerprint density at radius 2 is 1.79 bits per heavy atom. The summed E-state index contributed by atoms with van der Waals surface area (Å²) in [5.41, 5.74) is 4.61. The minimum absolute atomic E-state index is 0.315. The van der Waals surface area contributed by atoms with E-state index in [9.17, 15) is 4.79 Å². The lowest BCUT2D eigenvalue weighted by molar-refractivity contribution is -0.113. The van der Waals surface area contributed by atoms with E-state index in [0.29, 0.717) is 46.8 Å². The largest absolute Gasteiger partial charge is 0.495 e. The average Bonchev–Trinajstić information content (AvgIpc) is 3.39. The van der Waals surface area contributed by atoms with Crippen molar-refractivity contribution in [3.8, 4) is 17.2 Å². The van der Waals surface area contributed by atoms with Crippen LogP contribution in [0.1, 0.15) is 29.7 Å². The Morgan fingerprint density at radius 3 is 2.58 bits per heavy atom. The molecule has 2 N–H and O–H groups in total. The van der Waals surface area contributed by atoms with Crippen molar-refractivity contribution in [2.24, 2.45) is 0 Å². The van der Waals surface area contributed by atoms with Crippen LogP contribution >= 0.6 is 0 Å². The van der Waals surface area contributed by atoms with Crippen LogP contribution in [0, 0.1) is 6.92 Å². The molecule has 1 amide bonds. The van der Waals surface area contributed by atoms with Crippen LogP contribution in [0.2, 0.25) is 0 Å². The summed E-state index contributed by atoms with van der Waals surface area (Å²) in [5.74, 6) is 1.79. The van der Waals surface area contributed by atoms with Crippen LogP contribution in [0.5, 0.6) is 17.2 Å². The van der Waals surface area contributed by atoms with Gasteiger partial charge >= 0.3 is 0 Å². The highest BCUT2D eigenvalue weighted by atomic mass is 16.5. The topological polar surface area (TPSA) is 112 Å². The number of para-hydroxylation sites is 2. The van der Waals surface area contributed by atoms with Gasteiger partial charge in [0.05, 0.1) is 25.5 Å². The van der Waals surface area contributed by atoms with E-state index in [4.69, 9.17) is 14.2 Å². The van der Waals surface area contributed by atoms with Crippen molar-refractivity contribution < 1.29 is 19.0 Å². The minimum Gasteiger partial charge on any atom is -0.495 e. The number of carbonyl (C=O) groups excluding carboxylic acids is 1. The monoisotopic (exact) mass is 512 g/mol. The quantitative estimate of drug-likeness (QED) is 0.355. The maximum absolute atomic E-state index is 13.7. The van der Waals surface area contributed by atoms with Gasteiger partial charge in [-0.3, -0.25) is 4.79 Å². The summed E-state index contributed by atoms with van der Waals surface area (Å²) in [6.07, 6.45) is 0. The van der Waals surface area contributed by atoms with E-state index in [1.165, 1.54) is 0 Å². The molecule has 0 fully saturated rings. The summed E-state index contributed by atoms with van der Waals surface area (Å²) in [5, 5.41) is 18.1. The molecule has 1 unspecified atom stereocenters. The van der Waals surface area contributed by atoms with Crippen LogP contribution in [-0.4, -0.2) is 40.3 Å². The first kappa shape index (κ1) is 24.8. The number of benzene rings is 3. The Labute approximate surface area is 220 Å². The van der Waals surface area contributed by atoms with Gasteiger partial charge in [-0.15, -0.1) is 0 Å². The van der Waals surface area contributed by atoms with Gasteiger partial charge < -0.3 is 24.8 Å². The lowest BCUT2D eigenvalue weighted by Crippen LogP contribution is -2.31. The third kappa shape index (κ3) is 4.88. The number of nitrogens with zero attached hydrogens (tertiary/aromatic N) is 4. The molecule has 0 bridgehead atoms. The Bertz CT molecular complexity index is 1510. The number of amides is 1. The van der Waals surface area contributed by atoms with Gasteiger partial charge in [-0.2, -0.15) is 4.68 Å². The van der Waals surface area contributed by atoms with Crippen molar-refractivity contribution >= 4 is 17.5 Å². The van der Waals surface area contributed by atoms with Crippen molar-refractivity contribution in [2.45, 2.75) is 26.5 Å². The highest BCUT2D eigenvalue weighted by Gasteiger charge is 2.35. The second kappa shape index (κ2) is 10.6. The fraction of sp³-hybridized carbons (Fsp3) is 0.214. The average molecular weight is 513 g/mol. The Balaban J connectivity index is 1.48. The van der Waals surface area contributed by atoms with Crippen LogP contribution in [0.3, 0.4) is 0 Å². The van der Waals surface area contributed by atoms with Gasteiger partial charge in [0.1, 0.15) is 18.4 Å². The molecule has 0 saturated heterocycles. The number of anilines is 2. The van der Waals surface area contributed by atoms with E-state index >= 15 is 0 Å². The first-order valence-electron chi connectivity index (χ1n) is 12.0. The molecule has 10 heteroatoms. The van der Waals surface area contributed by atoms with E-state index < -0.39 is 6.04 Å². The van der Waals surface area contributed by atoms with Gasteiger partial charge in [0.15, 0.2) is 11.5 Å². The van der Waals surface area contributed by atoms with Crippen LogP contribution in [0.15, 0.2) is 78.0 Å². The van der Waals surface area contributed by atoms with E-state index in [-0.39, 0.29) is 5.91 Å². The van der Waals surface area contributed by atoms with Crippen LogP contribution < -0.4 is 24.8 Å². The molecule has 1 aliphatic heterocycles. The summed E-state index contributed by atoms with van der Waals surface area (Å²) in [7, 11) is 3.14. The molecule has 5 rings (SSSR count).